The quantitative estimate of drug-likeness (QED) is 0.276. The Hall–Kier alpha value is -1.90. The van der Waals surface area contributed by atoms with Gasteiger partial charge in [-0.15, -0.1) is 0 Å². The molecule has 0 bridgehead atoms. The lowest BCUT2D eigenvalue weighted by molar-refractivity contribution is -0.383. The van der Waals surface area contributed by atoms with Gasteiger partial charge in [0.05, 0.1) is 18.1 Å². The van der Waals surface area contributed by atoms with E-state index >= 15 is 0 Å². The van der Waals surface area contributed by atoms with Gasteiger partial charge in [0.15, 0.2) is 0 Å². The first-order valence-electron chi connectivity index (χ1n) is 6.74. The molecule has 1 aromatic carbocycles. The number of aliphatic hydroxyl groups excluding tert-OH is 3. The molecule has 8 nitrogen and oxygen atoms in total. The van der Waals surface area contributed by atoms with Gasteiger partial charge >= 0.3 is 0 Å². The van der Waals surface area contributed by atoms with Crippen molar-refractivity contribution in [3.63, 3.8) is 0 Å². The summed E-state index contributed by atoms with van der Waals surface area (Å²) in [5.41, 5.74) is 0.869. The maximum atomic E-state index is 11.1. The number of hydrogen-bond acceptors (Lipinski definition) is 7. The van der Waals surface area contributed by atoms with Gasteiger partial charge in [-0.2, -0.15) is 0 Å². The summed E-state index contributed by atoms with van der Waals surface area (Å²) in [6, 6.07) is 4.69. The first-order chi connectivity index (χ1) is 10.1. The predicted octanol–water partition coefficient (Wildman–Crippen LogP) is 0.180. The van der Waals surface area contributed by atoms with Crippen LogP contribution in [0, 0.1) is 10.1 Å². The van der Waals surface area contributed by atoms with E-state index in [9.17, 15) is 10.1 Å². The summed E-state index contributed by atoms with van der Waals surface area (Å²) in [6.45, 7) is 0.811. The number of anilines is 2. The molecule has 8 heteroatoms. The lowest BCUT2D eigenvalue weighted by Gasteiger charge is -2.23. The normalized spacial score (nSPS) is 10.4. The van der Waals surface area contributed by atoms with E-state index in [1.54, 1.807) is 17.0 Å². The maximum Gasteiger partial charge on any atom is 0.294 e. The van der Waals surface area contributed by atoms with Crippen LogP contribution in [0.3, 0.4) is 0 Å². The maximum absolute atomic E-state index is 11.1. The van der Waals surface area contributed by atoms with Crippen LogP contribution in [0.4, 0.5) is 17.1 Å². The highest BCUT2D eigenvalue weighted by atomic mass is 16.6. The highest BCUT2D eigenvalue weighted by Gasteiger charge is 2.16. The summed E-state index contributed by atoms with van der Waals surface area (Å²) in [5, 5.41) is 40.8. The lowest BCUT2D eigenvalue weighted by atomic mass is 10.2. The topological polar surface area (TPSA) is 119 Å². The van der Waals surface area contributed by atoms with Crippen molar-refractivity contribution in [1.82, 2.24) is 0 Å². The minimum Gasteiger partial charge on any atom is -0.396 e. The van der Waals surface area contributed by atoms with Crippen LogP contribution in [0.2, 0.25) is 0 Å². The molecule has 0 saturated heterocycles. The fraction of sp³-hybridized carbons (Fsp3) is 0.538. The van der Waals surface area contributed by atoms with Gasteiger partial charge in [0, 0.05) is 38.0 Å². The zero-order chi connectivity index (χ0) is 15.7. The van der Waals surface area contributed by atoms with E-state index < -0.39 is 4.92 Å². The largest absolute Gasteiger partial charge is 0.396 e. The van der Waals surface area contributed by atoms with Crippen LogP contribution >= 0.6 is 0 Å². The first kappa shape index (κ1) is 17.2. The number of nitrogens with zero attached hydrogens (tertiary/aromatic N) is 2. The third-order valence-electron chi connectivity index (χ3n) is 2.93. The first-order valence-corrected chi connectivity index (χ1v) is 6.74. The Kier molecular flexibility index (Phi) is 7.44. The number of benzene rings is 1. The molecule has 0 unspecified atom stereocenters. The van der Waals surface area contributed by atoms with E-state index in [4.69, 9.17) is 15.3 Å². The van der Waals surface area contributed by atoms with Crippen LogP contribution < -0.4 is 10.2 Å². The number of rotatable bonds is 10. The summed E-state index contributed by atoms with van der Waals surface area (Å²) in [4.78, 5) is 12.3. The standard InChI is InChI=1S/C13H21N3O5/c17-7-1-4-14-12-3-2-11(10-13(12)16(20)21)15(5-8-18)6-9-19/h2-3,10,14,17-19H,1,4-9H2. The van der Waals surface area contributed by atoms with Gasteiger partial charge in [-0.3, -0.25) is 10.1 Å². The molecule has 0 radical (unpaired) electrons. The molecule has 1 rings (SSSR count). The second kappa shape index (κ2) is 9.11. The molecular weight excluding hydrogens is 278 g/mol. The van der Waals surface area contributed by atoms with E-state index in [-0.39, 0.29) is 38.6 Å². The van der Waals surface area contributed by atoms with Crippen LogP contribution in [0.1, 0.15) is 6.42 Å². The van der Waals surface area contributed by atoms with Crippen LogP contribution in [0.25, 0.3) is 0 Å². The van der Waals surface area contributed by atoms with Crippen LogP contribution in [0.15, 0.2) is 18.2 Å². The second-order valence-corrected chi connectivity index (χ2v) is 4.40. The second-order valence-electron chi connectivity index (χ2n) is 4.40. The number of nitro benzene ring substituents is 1. The van der Waals surface area contributed by atoms with E-state index in [0.29, 0.717) is 24.3 Å². The van der Waals surface area contributed by atoms with E-state index in [2.05, 4.69) is 5.32 Å². The Morgan fingerprint density at radius 2 is 1.81 bits per heavy atom. The van der Waals surface area contributed by atoms with Gasteiger partial charge in [-0.1, -0.05) is 0 Å². The third kappa shape index (κ3) is 5.18. The van der Waals surface area contributed by atoms with E-state index in [0.717, 1.165) is 0 Å². The Morgan fingerprint density at radius 3 is 2.33 bits per heavy atom. The molecule has 0 fully saturated rings. The van der Waals surface area contributed by atoms with Crippen molar-refractivity contribution in [2.45, 2.75) is 6.42 Å². The molecule has 4 N–H and O–H groups in total. The Morgan fingerprint density at radius 1 is 1.14 bits per heavy atom. The Bertz CT molecular complexity index is 449. The van der Waals surface area contributed by atoms with E-state index in [1.165, 1.54) is 6.07 Å². The summed E-state index contributed by atoms with van der Waals surface area (Å²) >= 11 is 0. The fourth-order valence-corrected chi connectivity index (χ4v) is 1.93. The van der Waals surface area contributed by atoms with Gasteiger partial charge in [-0.25, -0.2) is 0 Å². The fourth-order valence-electron chi connectivity index (χ4n) is 1.93. The van der Waals surface area contributed by atoms with Crippen LogP contribution in [0.5, 0.6) is 0 Å². The van der Waals surface area contributed by atoms with Gasteiger partial charge < -0.3 is 25.5 Å². The van der Waals surface area contributed by atoms with Gasteiger partial charge in [-0.05, 0) is 18.6 Å². The predicted molar refractivity (Wildman–Crippen MR) is 79.7 cm³/mol. The zero-order valence-electron chi connectivity index (χ0n) is 11.7. The molecule has 0 spiro atoms. The Labute approximate surface area is 122 Å². The van der Waals surface area contributed by atoms with Crippen molar-refractivity contribution in [2.24, 2.45) is 0 Å². The molecule has 0 saturated carbocycles. The molecule has 0 heterocycles. The molecule has 0 aliphatic heterocycles. The summed E-state index contributed by atoms with van der Waals surface area (Å²) in [7, 11) is 0. The van der Waals surface area contributed by atoms with Crippen LogP contribution in [-0.2, 0) is 0 Å². The highest BCUT2D eigenvalue weighted by Crippen LogP contribution is 2.29. The monoisotopic (exact) mass is 299 g/mol. The summed E-state index contributed by atoms with van der Waals surface area (Å²) in [5.74, 6) is 0. The number of hydrogen-bond donors (Lipinski definition) is 4. The minimum atomic E-state index is -0.485. The zero-order valence-corrected chi connectivity index (χ0v) is 11.7. The van der Waals surface area contributed by atoms with Crippen LogP contribution in [-0.4, -0.2) is 59.7 Å². The van der Waals surface area contributed by atoms with Gasteiger partial charge in [0.1, 0.15) is 5.69 Å². The lowest BCUT2D eigenvalue weighted by Crippen LogP contribution is -2.29. The third-order valence-corrected chi connectivity index (χ3v) is 2.93. The van der Waals surface area contributed by atoms with Crippen molar-refractivity contribution in [3.05, 3.63) is 28.3 Å². The molecule has 0 aliphatic carbocycles. The highest BCUT2D eigenvalue weighted by molar-refractivity contribution is 5.68. The Balaban J connectivity index is 2.97. The van der Waals surface area contributed by atoms with Crippen molar-refractivity contribution < 1.29 is 20.2 Å². The van der Waals surface area contributed by atoms with Crippen molar-refractivity contribution in [1.29, 1.82) is 0 Å². The van der Waals surface area contributed by atoms with Crippen molar-refractivity contribution >= 4 is 17.1 Å². The molecule has 0 amide bonds. The molecule has 0 atom stereocenters. The molecular formula is C13H21N3O5. The summed E-state index contributed by atoms with van der Waals surface area (Å²) < 4.78 is 0. The molecule has 0 aromatic heterocycles. The minimum absolute atomic E-state index is 0.0136. The molecule has 1 aromatic rings. The molecule has 0 aliphatic rings. The number of nitro groups is 1. The van der Waals surface area contributed by atoms with E-state index in [1.807, 2.05) is 0 Å². The molecule has 21 heavy (non-hydrogen) atoms. The average molecular weight is 299 g/mol. The molecule has 118 valence electrons. The van der Waals surface area contributed by atoms with Gasteiger partial charge in [0.25, 0.3) is 5.69 Å². The summed E-state index contributed by atoms with van der Waals surface area (Å²) in [6.07, 6.45) is 0.500. The number of nitrogens with one attached hydrogen (secondary N) is 1. The van der Waals surface area contributed by atoms with Gasteiger partial charge in [0.2, 0.25) is 0 Å². The number of aliphatic hydroxyl groups is 3. The van der Waals surface area contributed by atoms with Crippen molar-refractivity contribution in [3.8, 4) is 0 Å². The average Bonchev–Trinajstić information content (AvgIpc) is 2.47. The smallest absolute Gasteiger partial charge is 0.294 e. The van der Waals surface area contributed by atoms with Crippen molar-refractivity contribution in [2.75, 3.05) is 49.7 Å². The SMILES string of the molecule is O=[N+]([O-])c1cc(N(CCO)CCO)ccc1NCCCO.